The van der Waals surface area contributed by atoms with Gasteiger partial charge in [0, 0.05) is 12.1 Å². The second-order valence-electron chi connectivity index (χ2n) is 7.00. The van der Waals surface area contributed by atoms with Crippen molar-refractivity contribution in [2.45, 2.75) is 75.6 Å². The van der Waals surface area contributed by atoms with Crippen LogP contribution in [0.4, 0.5) is 0 Å². The Labute approximate surface area is 175 Å². The van der Waals surface area contributed by atoms with Crippen LogP contribution in [0.2, 0.25) is 5.02 Å². The van der Waals surface area contributed by atoms with Gasteiger partial charge in [-0.05, 0) is 44.7 Å². The zero-order valence-electron chi connectivity index (χ0n) is 16.5. The highest BCUT2D eigenvalue weighted by atomic mass is 35.5. The minimum absolute atomic E-state index is 0.0560. The molecule has 1 aromatic carbocycles. The molecule has 152 valence electrons. The van der Waals surface area contributed by atoms with Gasteiger partial charge in [-0.25, -0.2) is 0 Å². The number of halogens is 1. The molecule has 6 nitrogen and oxygen atoms in total. The Bertz CT molecular complexity index is 805. The van der Waals surface area contributed by atoms with Crippen molar-refractivity contribution in [1.29, 1.82) is 0 Å². The maximum absolute atomic E-state index is 12.3. The van der Waals surface area contributed by atoms with Crippen molar-refractivity contribution in [1.82, 2.24) is 20.1 Å². The van der Waals surface area contributed by atoms with Gasteiger partial charge in [0.2, 0.25) is 5.91 Å². The summed E-state index contributed by atoms with van der Waals surface area (Å²) < 4.78 is 8.00. The third-order valence-electron chi connectivity index (χ3n) is 4.81. The molecule has 1 heterocycles. The van der Waals surface area contributed by atoms with Crippen LogP contribution in [-0.2, 0) is 11.4 Å². The van der Waals surface area contributed by atoms with Crippen LogP contribution in [0.1, 0.15) is 58.3 Å². The predicted molar refractivity (Wildman–Crippen MR) is 112 cm³/mol. The van der Waals surface area contributed by atoms with Crippen LogP contribution in [-0.4, -0.2) is 32.0 Å². The first-order valence-electron chi connectivity index (χ1n) is 9.81. The number of carbonyl (C=O) groups excluding carboxylic acids is 1. The van der Waals surface area contributed by atoms with E-state index in [0.717, 1.165) is 36.7 Å². The van der Waals surface area contributed by atoms with Crippen molar-refractivity contribution in [3.8, 4) is 5.75 Å². The van der Waals surface area contributed by atoms with Crippen LogP contribution in [0.15, 0.2) is 29.4 Å². The Balaban J connectivity index is 1.76. The molecule has 0 bridgehead atoms. The first kappa shape index (κ1) is 21.0. The van der Waals surface area contributed by atoms with E-state index in [1.165, 1.54) is 11.8 Å². The van der Waals surface area contributed by atoms with Crippen molar-refractivity contribution < 1.29 is 9.53 Å². The Kier molecular flexibility index (Phi) is 7.24. The second-order valence-corrected chi connectivity index (χ2v) is 8.72. The molecule has 1 N–H and O–H groups in total. The zero-order valence-corrected chi connectivity index (χ0v) is 18.1. The van der Waals surface area contributed by atoms with Gasteiger partial charge < -0.3 is 14.6 Å². The Morgan fingerprint density at radius 2 is 2.04 bits per heavy atom. The Morgan fingerprint density at radius 1 is 1.32 bits per heavy atom. The Morgan fingerprint density at radius 3 is 2.68 bits per heavy atom. The lowest BCUT2D eigenvalue weighted by Gasteiger charge is -2.20. The van der Waals surface area contributed by atoms with Gasteiger partial charge >= 0.3 is 0 Å². The molecule has 0 radical (unpaired) electrons. The Hall–Kier alpha value is -1.73. The summed E-state index contributed by atoms with van der Waals surface area (Å²) in [4.78, 5) is 12.3. The first-order chi connectivity index (χ1) is 13.5. The normalized spacial score (nSPS) is 14.9. The van der Waals surface area contributed by atoms with Crippen molar-refractivity contribution in [3.63, 3.8) is 0 Å². The van der Waals surface area contributed by atoms with E-state index in [2.05, 4.69) is 33.9 Å². The van der Waals surface area contributed by atoms with Gasteiger partial charge in [-0.15, -0.1) is 10.2 Å². The van der Waals surface area contributed by atoms with Crippen molar-refractivity contribution in [3.05, 3.63) is 35.1 Å². The number of rotatable bonds is 10. The van der Waals surface area contributed by atoms with Gasteiger partial charge in [0.05, 0.1) is 10.3 Å². The van der Waals surface area contributed by atoms with Crippen LogP contribution in [0, 0.1) is 0 Å². The van der Waals surface area contributed by atoms with E-state index in [0.29, 0.717) is 16.8 Å². The highest BCUT2D eigenvalue weighted by Crippen LogP contribution is 2.30. The average molecular weight is 423 g/mol. The number of para-hydroxylation sites is 1. The summed E-state index contributed by atoms with van der Waals surface area (Å²) in [6.45, 7) is 6.47. The van der Waals surface area contributed by atoms with E-state index in [9.17, 15) is 4.79 Å². The summed E-state index contributed by atoms with van der Waals surface area (Å²) in [6, 6.07) is 7.98. The molecule has 1 atom stereocenters. The summed E-state index contributed by atoms with van der Waals surface area (Å²) in [5.74, 6) is 1.42. The molecule has 0 spiro atoms. The lowest BCUT2D eigenvalue weighted by Crippen LogP contribution is -2.32. The molecule has 1 fully saturated rings. The third-order valence-corrected chi connectivity index (χ3v) is 6.18. The van der Waals surface area contributed by atoms with E-state index < -0.39 is 0 Å². The molecule has 1 amide bonds. The summed E-state index contributed by atoms with van der Waals surface area (Å²) >= 11 is 7.63. The fourth-order valence-electron chi connectivity index (χ4n) is 2.97. The summed E-state index contributed by atoms with van der Waals surface area (Å²) in [5.41, 5.74) is 0. The van der Waals surface area contributed by atoms with E-state index in [4.69, 9.17) is 16.3 Å². The van der Waals surface area contributed by atoms with Crippen molar-refractivity contribution in [2.75, 3.05) is 0 Å². The number of aromatic nitrogens is 3. The van der Waals surface area contributed by atoms with Crippen LogP contribution >= 0.6 is 23.4 Å². The number of ether oxygens (including phenoxy) is 1. The van der Waals surface area contributed by atoms with Crippen molar-refractivity contribution in [2.24, 2.45) is 0 Å². The molecule has 3 rings (SSSR count). The van der Waals surface area contributed by atoms with Gasteiger partial charge in [-0.2, -0.15) is 0 Å². The molecule has 0 saturated heterocycles. The number of thioether (sulfide) groups is 1. The average Bonchev–Trinajstić information content (AvgIpc) is 3.42. The second kappa shape index (κ2) is 9.65. The largest absolute Gasteiger partial charge is 0.484 e. The maximum Gasteiger partial charge on any atom is 0.233 e. The van der Waals surface area contributed by atoms with Gasteiger partial charge in [-0.1, -0.05) is 49.3 Å². The molecule has 1 aliphatic rings. The van der Waals surface area contributed by atoms with Crippen LogP contribution in [0.25, 0.3) is 0 Å². The van der Waals surface area contributed by atoms with Crippen LogP contribution in [0.3, 0.4) is 0 Å². The van der Waals surface area contributed by atoms with E-state index in [1.54, 1.807) is 6.07 Å². The number of nitrogens with one attached hydrogen (secondary N) is 1. The van der Waals surface area contributed by atoms with Gasteiger partial charge in [-0.3, -0.25) is 4.79 Å². The highest BCUT2D eigenvalue weighted by molar-refractivity contribution is 8.00. The standard InChI is InChI=1S/C20H27ClN4O2S/c1-4-15(5-2)25-18(12-27-17-9-7-6-8-16(17)21)23-24-20(25)28-13(3)19(26)22-14-10-11-14/h6-9,13-15H,4-5,10-12H2,1-3H3,(H,22,26)/t13-/m0/s1. The molecule has 2 aromatic rings. The van der Waals surface area contributed by atoms with E-state index in [1.807, 2.05) is 25.1 Å². The molecule has 8 heteroatoms. The monoisotopic (exact) mass is 422 g/mol. The molecule has 0 unspecified atom stereocenters. The topological polar surface area (TPSA) is 69.0 Å². The van der Waals surface area contributed by atoms with Crippen LogP contribution in [0.5, 0.6) is 5.75 Å². The van der Waals surface area contributed by atoms with Crippen LogP contribution < -0.4 is 10.1 Å². The molecule has 0 aliphatic heterocycles. The predicted octanol–water partition coefficient (Wildman–Crippen LogP) is 4.63. The van der Waals surface area contributed by atoms with E-state index in [-0.39, 0.29) is 23.8 Å². The number of hydrogen-bond acceptors (Lipinski definition) is 5. The van der Waals surface area contributed by atoms with Gasteiger partial charge in [0.25, 0.3) is 0 Å². The lowest BCUT2D eigenvalue weighted by molar-refractivity contribution is -0.120. The number of benzene rings is 1. The molecular formula is C20H27ClN4O2S. The van der Waals surface area contributed by atoms with Gasteiger partial charge in [0.15, 0.2) is 11.0 Å². The zero-order chi connectivity index (χ0) is 20.1. The molecule has 1 aliphatic carbocycles. The smallest absolute Gasteiger partial charge is 0.233 e. The number of amides is 1. The maximum atomic E-state index is 12.3. The molecule has 1 aromatic heterocycles. The SMILES string of the molecule is CCC(CC)n1c(COc2ccccc2Cl)nnc1S[C@@H](C)C(=O)NC1CC1. The molecule has 1 saturated carbocycles. The minimum atomic E-state index is -0.227. The summed E-state index contributed by atoms with van der Waals surface area (Å²) in [5, 5.41) is 12.9. The van der Waals surface area contributed by atoms with E-state index >= 15 is 0 Å². The minimum Gasteiger partial charge on any atom is -0.484 e. The first-order valence-corrected chi connectivity index (χ1v) is 11.1. The lowest BCUT2D eigenvalue weighted by atomic mass is 10.2. The number of carbonyl (C=O) groups is 1. The summed E-state index contributed by atoms with van der Waals surface area (Å²) in [6.07, 6.45) is 4.06. The number of hydrogen-bond donors (Lipinski definition) is 1. The van der Waals surface area contributed by atoms with Gasteiger partial charge in [0.1, 0.15) is 12.4 Å². The summed E-state index contributed by atoms with van der Waals surface area (Å²) in [7, 11) is 0. The quantitative estimate of drug-likeness (QED) is 0.565. The third kappa shape index (κ3) is 5.20. The molecular weight excluding hydrogens is 396 g/mol. The fraction of sp³-hybridized carbons (Fsp3) is 0.550. The fourth-order valence-corrected chi connectivity index (χ4v) is 4.11. The molecule has 28 heavy (non-hydrogen) atoms. The van der Waals surface area contributed by atoms with Crippen molar-refractivity contribution >= 4 is 29.3 Å². The highest BCUT2D eigenvalue weighted by Gasteiger charge is 2.28. The number of nitrogens with zero attached hydrogens (tertiary/aromatic N) is 3.